The fourth-order valence-corrected chi connectivity index (χ4v) is 2.27. The van der Waals surface area contributed by atoms with Crippen molar-refractivity contribution in [3.8, 4) is 0 Å². The van der Waals surface area contributed by atoms with E-state index in [1.54, 1.807) is 0 Å². The summed E-state index contributed by atoms with van der Waals surface area (Å²) >= 11 is 0. The maximum absolute atomic E-state index is 12.1. The van der Waals surface area contributed by atoms with E-state index in [1.807, 2.05) is 39.5 Å². The Labute approximate surface area is 122 Å². The molecule has 1 N–H and O–H groups in total. The molecule has 1 atom stereocenters. The van der Waals surface area contributed by atoms with Crippen molar-refractivity contribution < 1.29 is 14.3 Å². The van der Waals surface area contributed by atoms with Crippen LogP contribution in [-0.2, 0) is 9.53 Å². The van der Waals surface area contributed by atoms with Crippen molar-refractivity contribution in [2.24, 2.45) is 5.92 Å². The Morgan fingerprint density at radius 3 is 2.55 bits per heavy atom. The second kappa shape index (κ2) is 6.95. The van der Waals surface area contributed by atoms with Crippen LogP contribution in [0.2, 0.25) is 0 Å². The Hall–Kier alpha value is -1.26. The summed E-state index contributed by atoms with van der Waals surface area (Å²) in [6.07, 6.45) is 1.98. The monoisotopic (exact) mass is 284 g/mol. The van der Waals surface area contributed by atoms with Gasteiger partial charge < -0.3 is 15.0 Å². The SMILES string of the molecule is CC(C)CC(=O)N1CCCC(NC(=O)OC(C)(C)C)C1. The first kappa shape index (κ1) is 16.8. The Balaban J connectivity index is 2.45. The molecule has 0 aromatic heterocycles. The molecule has 1 saturated heterocycles. The summed E-state index contributed by atoms with van der Waals surface area (Å²) < 4.78 is 5.25. The smallest absolute Gasteiger partial charge is 0.407 e. The van der Waals surface area contributed by atoms with E-state index in [0.29, 0.717) is 18.9 Å². The molecule has 1 aliphatic heterocycles. The summed E-state index contributed by atoms with van der Waals surface area (Å²) in [4.78, 5) is 25.6. The molecule has 20 heavy (non-hydrogen) atoms. The Bertz CT molecular complexity index is 348. The van der Waals surface area contributed by atoms with Crippen molar-refractivity contribution in [2.45, 2.75) is 65.5 Å². The van der Waals surface area contributed by atoms with Gasteiger partial charge in [0, 0.05) is 25.6 Å². The zero-order valence-electron chi connectivity index (χ0n) is 13.4. The lowest BCUT2D eigenvalue weighted by Gasteiger charge is -2.34. The van der Waals surface area contributed by atoms with Gasteiger partial charge in [-0.05, 0) is 39.5 Å². The molecule has 5 heteroatoms. The van der Waals surface area contributed by atoms with Crippen LogP contribution in [0.3, 0.4) is 0 Å². The molecule has 0 aromatic carbocycles. The maximum atomic E-state index is 12.1. The number of piperidine rings is 1. The van der Waals surface area contributed by atoms with Crippen LogP contribution in [0.4, 0.5) is 4.79 Å². The van der Waals surface area contributed by atoms with Crippen LogP contribution in [0.1, 0.15) is 53.9 Å². The van der Waals surface area contributed by atoms with Gasteiger partial charge in [0.15, 0.2) is 0 Å². The first-order valence-corrected chi connectivity index (χ1v) is 7.44. The number of likely N-dealkylation sites (tertiary alicyclic amines) is 1. The van der Waals surface area contributed by atoms with E-state index in [0.717, 1.165) is 19.4 Å². The summed E-state index contributed by atoms with van der Waals surface area (Å²) in [6.45, 7) is 11.0. The van der Waals surface area contributed by atoms with E-state index in [1.165, 1.54) is 0 Å². The van der Waals surface area contributed by atoms with Gasteiger partial charge in [-0.2, -0.15) is 0 Å². The lowest BCUT2D eigenvalue weighted by atomic mass is 10.0. The van der Waals surface area contributed by atoms with Crippen LogP contribution in [-0.4, -0.2) is 41.6 Å². The zero-order valence-corrected chi connectivity index (χ0v) is 13.4. The van der Waals surface area contributed by atoms with Gasteiger partial charge >= 0.3 is 6.09 Å². The minimum atomic E-state index is -0.494. The van der Waals surface area contributed by atoms with Crippen molar-refractivity contribution >= 4 is 12.0 Å². The second-order valence-corrected chi connectivity index (χ2v) is 6.92. The van der Waals surface area contributed by atoms with E-state index < -0.39 is 11.7 Å². The van der Waals surface area contributed by atoms with Gasteiger partial charge in [0.25, 0.3) is 0 Å². The van der Waals surface area contributed by atoms with Gasteiger partial charge in [0.1, 0.15) is 5.60 Å². The van der Waals surface area contributed by atoms with E-state index in [2.05, 4.69) is 5.32 Å². The van der Waals surface area contributed by atoms with Crippen molar-refractivity contribution in [3.63, 3.8) is 0 Å². The number of nitrogens with zero attached hydrogens (tertiary/aromatic N) is 1. The average Bonchev–Trinajstić information content (AvgIpc) is 2.25. The fraction of sp³-hybridized carbons (Fsp3) is 0.867. The highest BCUT2D eigenvalue weighted by Crippen LogP contribution is 2.14. The summed E-state index contributed by atoms with van der Waals surface area (Å²) in [7, 11) is 0. The van der Waals surface area contributed by atoms with Crippen molar-refractivity contribution in [1.29, 1.82) is 0 Å². The summed E-state index contributed by atoms with van der Waals surface area (Å²) in [6, 6.07) is -0.00490. The Morgan fingerprint density at radius 1 is 1.35 bits per heavy atom. The first-order valence-electron chi connectivity index (χ1n) is 7.44. The van der Waals surface area contributed by atoms with Gasteiger partial charge in [-0.25, -0.2) is 4.79 Å². The number of amides is 2. The molecule has 1 fully saturated rings. The summed E-state index contributed by atoms with van der Waals surface area (Å²) in [5.41, 5.74) is -0.494. The lowest BCUT2D eigenvalue weighted by Crippen LogP contribution is -2.50. The maximum Gasteiger partial charge on any atom is 0.407 e. The summed E-state index contributed by atoms with van der Waals surface area (Å²) in [5.74, 6) is 0.539. The molecular weight excluding hydrogens is 256 g/mol. The Morgan fingerprint density at radius 2 is 2.00 bits per heavy atom. The van der Waals surface area contributed by atoms with Crippen LogP contribution in [0, 0.1) is 5.92 Å². The predicted octanol–water partition coefficient (Wildman–Crippen LogP) is 2.55. The van der Waals surface area contributed by atoms with Gasteiger partial charge in [0.05, 0.1) is 0 Å². The number of ether oxygens (including phenoxy) is 1. The molecule has 1 aliphatic rings. The molecule has 116 valence electrons. The molecule has 0 spiro atoms. The highest BCUT2D eigenvalue weighted by atomic mass is 16.6. The van der Waals surface area contributed by atoms with Crippen molar-refractivity contribution in [2.75, 3.05) is 13.1 Å². The lowest BCUT2D eigenvalue weighted by molar-refractivity contribution is -0.133. The molecule has 0 aromatic rings. The molecule has 0 radical (unpaired) electrons. The molecule has 1 rings (SSSR count). The van der Waals surface area contributed by atoms with Gasteiger partial charge in [-0.3, -0.25) is 4.79 Å². The zero-order chi connectivity index (χ0) is 15.3. The predicted molar refractivity (Wildman–Crippen MR) is 78.4 cm³/mol. The minimum absolute atomic E-state index is 0.00490. The topological polar surface area (TPSA) is 58.6 Å². The standard InChI is InChI=1S/C15H28N2O3/c1-11(2)9-13(18)17-8-6-7-12(10-17)16-14(19)20-15(3,4)5/h11-12H,6-10H2,1-5H3,(H,16,19). The quantitative estimate of drug-likeness (QED) is 0.866. The van der Waals surface area contributed by atoms with E-state index in [9.17, 15) is 9.59 Å². The third kappa shape index (κ3) is 6.26. The third-order valence-corrected chi connectivity index (χ3v) is 3.08. The number of hydrogen-bond donors (Lipinski definition) is 1. The van der Waals surface area contributed by atoms with Crippen LogP contribution in [0.15, 0.2) is 0 Å². The third-order valence-electron chi connectivity index (χ3n) is 3.08. The number of alkyl carbamates (subject to hydrolysis) is 1. The van der Waals surface area contributed by atoms with E-state index >= 15 is 0 Å². The van der Waals surface area contributed by atoms with Crippen molar-refractivity contribution in [3.05, 3.63) is 0 Å². The van der Waals surface area contributed by atoms with Crippen molar-refractivity contribution in [1.82, 2.24) is 10.2 Å². The van der Waals surface area contributed by atoms with Crippen LogP contribution in [0.5, 0.6) is 0 Å². The number of rotatable bonds is 3. The van der Waals surface area contributed by atoms with Crippen LogP contribution < -0.4 is 5.32 Å². The van der Waals surface area contributed by atoms with E-state index in [-0.39, 0.29) is 11.9 Å². The molecule has 2 amide bonds. The molecule has 1 heterocycles. The number of hydrogen-bond acceptors (Lipinski definition) is 3. The molecule has 5 nitrogen and oxygen atoms in total. The van der Waals surface area contributed by atoms with Gasteiger partial charge in [0.2, 0.25) is 5.91 Å². The number of carbonyl (C=O) groups is 2. The normalized spacial score (nSPS) is 19.9. The molecule has 0 saturated carbocycles. The van der Waals surface area contributed by atoms with E-state index in [4.69, 9.17) is 4.74 Å². The highest BCUT2D eigenvalue weighted by Gasteiger charge is 2.26. The average molecular weight is 284 g/mol. The number of nitrogens with one attached hydrogen (secondary N) is 1. The second-order valence-electron chi connectivity index (χ2n) is 6.92. The molecule has 0 bridgehead atoms. The first-order chi connectivity index (χ1) is 9.17. The minimum Gasteiger partial charge on any atom is -0.444 e. The van der Waals surface area contributed by atoms with Crippen LogP contribution >= 0.6 is 0 Å². The highest BCUT2D eigenvalue weighted by molar-refractivity contribution is 5.76. The molecule has 0 aliphatic carbocycles. The molecular formula is C15H28N2O3. The largest absolute Gasteiger partial charge is 0.444 e. The van der Waals surface area contributed by atoms with Gasteiger partial charge in [-0.15, -0.1) is 0 Å². The Kier molecular flexibility index (Phi) is 5.84. The fourth-order valence-electron chi connectivity index (χ4n) is 2.27. The molecule has 1 unspecified atom stereocenters. The van der Waals surface area contributed by atoms with Gasteiger partial charge in [-0.1, -0.05) is 13.8 Å². The number of carbonyl (C=O) groups excluding carboxylic acids is 2. The van der Waals surface area contributed by atoms with Crippen LogP contribution in [0.25, 0.3) is 0 Å². The summed E-state index contributed by atoms with van der Waals surface area (Å²) in [5, 5.41) is 2.86.